The zero-order chi connectivity index (χ0) is 15.1. The molecule has 0 spiro atoms. The predicted molar refractivity (Wildman–Crippen MR) is 77.1 cm³/mol. The Hall–Kier alpha value is -2.56. The minimum atomic E-state index is -0.167. The number of rotatable bonds is 7. The maximum atomic E-state index is 11.7. The number of ketones is 1. The minimum Gasteiger partial charge on any atom is -0.497 e. The first-order valence-electron chi connectivity index (χ1n) is 6.65. The Morgan fingerprint density at radius 2 is 1.90 bits per heavy atom. The van der Waals surface area contributed by atoms with Crippen LogP contribution in [0.25, 0.3) is 0 Å². The number of Topliss-reactive ketones (excluding diaryl/α,β-unsaturated/α-hetero) is 1. The first-order valence-corrected chi connectivity index (χ1v) is 6.65. The van der Waals surface area contributed by atoms with E-state index in [4.69, 9.17) is 9.15 Å². The smallest absolute Gasteiger partial charge is 0.220 e. The van der Waals surface area contributed by atoms with Gasteiger partial charge in [-0.25, -0.2) is 0 Å². The Labute approximate surface area is 122 Å². The molecule has 1 aromatic heterocycles. The Kier molecular flexibility index (Phi) is 5.15. The summed E-state index contributed by atoms with van der Waals surface area (Å²) in [4.78, 5) is 23.4. The van der Waals surface area contributed by atoms with Gasteiger partial charge in [0.25, 0.3) is 0 Å². The van der Waals surface area contributed by atoms with Crippen LogP contribution in [-0.2, 0) is 11.3 Å². The third kappa shape index (κ3) is 4.49. The standard InChI is InChI=1S/C16H17NO4/c1-20-13-6-4-12(5-7-13)11-17-16(19)9-8-14(18)15-3-2-10-21-15/h2-7,10H,8-9,11H2,1H3,(H,17,19). The molecule has 0 atom stereocenters. The van der Waals surface area contributed by atoms with E-state index in [1.165, 1.54) is 6.26 Å². The van der Waals surface area contributed by atoms with Gasteiger partial charge in [-0.05, 0) is 29.8 Å². The molecule has 0 aliphatic rings. The molecular formula is C16H17NO4. The van der Waals surface area contributed by atoms with Gasteiger partial charge >= 0.3 is 0 Å². The highest BCUT2D eigenvalue weighted by atomic mass is 16.5. The van der Waals surface area contributed by atoms with Gasteiger partial charge in [-0.2, -0.15) is 0 Å². The maximum absolute atomic E-state index is 11.7. The second-order valence-corrected chi connectivity index (χ2v) is 4.53. The lowest BCUT2D eigenvalue weighted by atomic mass is 10.1. The van der Waals surface area contributed by atoms with E-state index in [0.717, 1.165) is 11.3 Å². The van der Waals surface area contributed by atoms with Crippen molar-refractivity contribution in [1.29, 1.82) is 0 Å². The first kappa shape index (κ1) is 14.8. The molecule has 0 saturated heterocycles. The summed E-state index contributed by atoms with van der Waals surface area (Å²) < 4.78 is 10.0. The lowest BCUT2D eigenvalue weighted by Crippen LogP contribution is -2.23. The monoisotopic (exact) mass is 287 g/mol. The summed E-state index contributed by atoms with van der Waals surface area (Å²) in [5.74, 6) is 0.734. The fourth-order valence-electron chi connectivity index (χ4n) is 1.82. The molecule has 0 aliphatic carbocycles. The average molecular weight is 287 g/mol. The van der Waals surface area contributed by atoms with Crippen LogP contribution in [0.3, 0.4) is 0 Å². The number of carbonyl (C=O) groups excluding carboxylic acids is 2. The highest BCUT2D eigenvalue weighted by molar-refractivity contribution is 5.95. The molecule has 1 N–H and O–H groups in total. The Bertz CT molecular complexity index is 587. The van der Waals surface area contributed by atoms with Crippen LogP contribution in [0.5, 0.6) is 5.75 Å². The molecule has 1 heterocycles. The molecule has 5 nitrogen and oxygen atoms in total. The van der Waals surface area contributed by atoms with Gasteiger partial charge in [0.2, 0.25) is 5.91 Å². The highest BCUT2D eigenvalue weighted by Crippen LogP contribution is 2.11. The lowest BCUT2D eigenvalue weighted by molar-refractivity contribution is -0.121. The van der Waals surface area contributed by atoms with Crippen LogP contribution >= 0.6 is 0 Å². The molecule has 1 amide bonds. The van der Waals surface area contributed by atoms with E-state index < -0.39 is 0 Å². The fourth-order valence-corrected chi connectivity index (χ4v) is 1.82. The maximum Gasteiger partial charge on any atom is 0.220 e. The molecule has 110 valence electrons. The van der Waals surface area contributed by atoms with Gasteiger partial charge in [-0.1, -0.05) is 12.1 Å². The van der Waals surface area contributed by atoms with Gasteiger partial charge in [-0.15, -0.1) is 0 Å². The number of ether oxygens (including phenoxy) is 1. The second-order valence-electron chi connectivity index (χ2n) is 4.53. The van der Waals surface area contributed by atoms with E-state index in [-0.39, 0.29) is 30.3 Å². The molecule has 21 heavy (non-hydrogen) atoms. The van der Waals surface area contributed by atoms with Gasteiger partial charge in [0.1, 0.15) is 5.75 Å². The van der Waals surface area contributed by atoms with Crippen LogP contribution in [-0.4, -0.2) is 18.8 Å². The number of carbonyl (C=O) groups is 2. The van der Waals surface area contributed by atoms with Crippen LogP contribution in [0.4, 0.5) is 0 Å². The molecule has 1 aromatic carbocycles. The van der Waals surface area contributed by atoms with E-state index in [1.807, 2.05) is 24.3 Å². The second kappa shape index (κ2) is 7.28. The van der Waals surface area contributed by atoms with Crippen LogP contribution in [0.2, 0.25) is 0 Å². The van der Waals surface area contributed by atoms with Gasteiger partial charge < -0.3 is 14.5 Å². The van der Waals surface area contributed by atoms with Crippen molar-refractivity contribution in [3.63, 3.8) is 0 Å². The van der Waals surface area contributed by atoms with Crippen molar-refractivity contribution in [3.8, 4) is 5.75 Å². The van der Waals surface area contributed by atoms with Crippen molar-refractivity contribution in [3.05, 3.63) is 54.0 Å². The summed E-state index contributed by atoms with van der Waals surface area (Å²) in [7, 11) is 1.60. The minimum absolute atomic E-state index is 0.141. The van der Waals surface area contributed by atoms with Gasteiger partial charge in [0, 0.05) is 19.4 Å². The van der Waals surface area contributed by atoms with Gasteiger partial charge in [0.15, 0.2) is 11.5 Å². The largest absolute Gasteiger partial charge is 0.497 e. The van der Waals surface area contributed by atoms with Crippen molar-refractivity contribution in [2.45, 2.75) is 19.4 Å². The lowest BCUT2D eigenvalue weighted by Gasteiger charge is -2.06. The van der Waals surface area contributed by atoms with Crippen molar-refractivity contribution in [1.82, 2.24) is 5.32 Å². The van der Waals surface area contributed by atoms with Gasteiger partial charge in [-0.3, -0.25) is 9.59 Å². The highest BCUT2D eigenvalue weighted by Gasteiger charge is 2.11. The van der Waals surface area contributed by atoms with E-state index in [0.29, 0.717) is 6.54 Å². The van der Waals surface area contributed by atoms with Crippen LogP contribution in [0.1, 0.15) is 29.0 Å². The molecule has 5 heteroatoms. The third-order valence-corrected chi connectivity index (χ3v) is 3.02. The van der Waals surface area contributed by atoms with E-state index >= 15 is 0 Å². The fraction of sp³-hybridized carbons (Fsp3) is 0.250. The zero-order valence-electron chi connectivity index (χ0n) is 11.8. The summed E-state index contributed by atoms with van der Waals surface area (Å²) in [5.41, 5.74) is 0.974. The van der Waals surface area contributed by atoms with E-state index in [2.05, 4.69) is 5.32 Å². The summed E-state index contributed by atoms with van der Waals surface area (Å²) in [6.45, 7) is 0.428. The number of hydrogen-bond acceptors (Lipinski definition) is 4. The van der Waals surface area contributed by atoms with Crippen molar-refractivity contribution in [2.75, 3.05) is 7.11 Å². The van der Waals surface area contributed by atoms with Crippen molar-refractivity contribution < 1.29 is 18.7 Å². The Morgan fingerprint density at radius 1 is 1.14 bits per heavy atom. The number of amides is 1. The van der Waals surface area contributed by atoms with E-state index in [1.54, 1.807) is 19.2 Å². The number of benzene rings is 1. The Balaban J connectivity index is 1.73. The van der Waals surface area contributed by atoms with E-state index in [9.17, 15) is 9.59 Å². The summed E-state index contributed by atoms with van der Waals surface area (Å²) in [6.07, 6.45) is 1.73. The summed E-state index contributed by atoms with van der Waals surface area (Å²) >= 11 is 0. The molecule has 2 rings (SSSR count). The Morgan fingerprint density at radius 3 is 2.52 bits per heavy atom. The molecule has 0 radical (unpaired) electrons. The number of methoxy groups -OCH3 is 1. The molecule has 0 aliphatic heterocycles. The quantitative estimate of drug-likeness (QED) is 0.795. The molecule has 0 fully saturated rings. The summed E-state index contributed by atoms with van der Waals surface area (Å²) in [6, 6.07) is 10.7. The van der Waals surface area contributed by atoms with Crippen LogP contribution in [0, 0.1) is 0 Å². The predicted octanol–water partition coefficient (Wildman–Crippen LogP) is 2.57. The number of hydrogen-bond donors (Lipinski definition) is 1. The topological polar surface area (TPSA) is 68.5 Å². The van der Waals surface area contributed by atoms with Crippen LogP contribution in [0.15, 0.2) is 47.1 Å². The van der Waals surface area contributed by atoms with Crippen LogP contribution < -0.4 is 10.1 Å². The van der Waals surface area contributed by atoms with Crippen molar-refractivity contribution in [2.24, 2.45) is 0 Å². The number of nitrogens with one attached hydrogen (secondary N) is 1. The van der Waals surface area contributed by atoms with Crippen molar-refractivity contribution >= 4 is 11.7 Å². The average Bonchev–Trinajstić information content (AvgIpc) is 3.05. The molecule has 2 aromatic rings. The van der Waals surface area contributed by atoms with Gasteiger partial charge in [0.05, 0.1) is 13.4 Å². The number of furan rings is 1. The summed E-state index contributed by atoms with van der Waals surface area (Å²) in [5, 5.41) is 2.77. The molecule has 0 saturated carbocycles. The normalized spacial score (nSPS) is 10.1. The first-order chi connectivity index (χ1) is 10.2. The zero-order valence-corrected chi connectivity index (χ0v) is 11.8. The molecule has 0 unspecified atom stereocenters. The molecular weight excluding hydrogens is 270 g/mol. The third-order valence-electron chi connectivity index (χ3n) is 3.02. The molecule has 0 bridgehead atoms. The SMILES string of the molecule is COc1ccc(CNC(=O)CCC(=O)c2ccco2)cc1.